The Hall–Kier alpha value is -2.88. The van der Waals surface area contributed by atoms with Crippen LogP contribution >= 0.6 is 23.2 Å². The Kier molecular flexibility index (Phi) is 9.53. The number of aromatic nitrogens is 2. The predicted molar refractivity (Wildman–Crippen MR) is 143 cm³/mol. The number of benzene rings is 2. The lowest BCUT2D eigenvalue weighted by Gasteiger charge is -2.12. The van der Waals surface area contributed by atoms with E-state index in [1.807, 2.05) is 0 Å². The largest absolute Gasteiger partial charge is 0.490 e. The summed E-state index contributed by atoms with van der Waals surface area (Å²) in [5.41, 5.74) is 1.92. The summed E-state index contributed by atoms with van der Waals surface area (Å²) >= 11 is 12.6. The van der Waals surface area contributed by atoms with Crippen molar-refractivity contribution in [2.75, 3.05) is 16.6 Å². The molecule has 0 saturated heterocycles. The number of unbranched alkanes of at least 4 members (excludes halogenated alkanes) is 3. The zero-order valence-corrected chi connectivity index (χ0v) is 22.6. The Morgan fingerprint density at radius 1 is 0.944 bits per heavy atom. The fourth-order valence-electron chi connectivity index (χ4n) is 3.40. The molecule has 1 amide bonds. The first-order valence-corrected chi connectivity index (χ1v) is 13.7. The number of hydrogen-bond donors (Lipinski definition) is 2. The van der Waals surface area contributed by atoms with Crippen LogP contribution in [0.1, 0.15) is 54.4 Å². The lowest BCUT2D eigenvalue weighted by atomic mass is 10.2. The van der Waals surface area contributed by atoms with Crippen molar-refractivity contribution in [2.24, 2.45) is 0 Å². The minimum atomic E-state index is -3.91. The molecule has 0 atom stereocenters. The molecule has 0 bridgehead atoms. The molecule has 3 aromatic rings. The number of anilines is 2. The minimum absolute atomic E-state index is 0.00483. The third-order valence-electron chi connectivity index (χ3n) is 5.14. The number of amides is 1. The Morgan fingerprint density at radius 3 is 2.14 bits per heavy atom. The monoisotopic (exact) mass is 550 g/mol. The van der Waals surface area contributed by atoms with E-state index in [-0.39, 0.29) is 26.5 Å². The van der Waals surface area contributed by atoms with Crippen molar-refractivity contribution in [3.8, 4) is 5.75 Å². The molecule has 0 unspecified atom stereocenters. The number of rotatable bonds is 11. The fraction of sp³-hybridized carbons (Fsp3) is 0.320. The molecule has 0 aliphatic rings. The van der Waals surface area contributed by atoms with Gasteiger partial charge in [0.2, 0.25) is 5.95 Å². The van der Waals surface area contributed by atoms with Gasteiger partial charge in [0.25, 0.3) is 15.9 Å². The Morgan fingerprint density at radius 2 is 1.56 bits per heavy atom. The van der Waals surface area contributed by atoms with E-state index in [2.05, 4.69) is 26.9 Å². The van der Waals surface area contributed by atoms with Crippen LogP contribution in [-0.2, 0) is 10.0 Å². The molecule has 0 radical (unpaired) electrons. The molecule has 36 heavy (non-hydrogen) atoms. The van der Waals surface area contributed by atoms with Crippen molar-refractivity contribution in [1.82, 2.24) is 9.97 Å². The number of aryl methyl sites for hydroxylation is 2. The van der Waals surface area contributed by atoms with Gasteiger partial charge in [0.15, 0.2) is 5.75 Å². The van der Waals surface area contributed by atoms with E-state index >= 15 is 0 Å². The summed E-state index contributed by atoms with van der Waals surface area (Å²) in [4.78, 5) is 20.9. The normalized spacial score (nSPS) is 11.2. The first-order valence-electron chi connectivity index (χ1n) is 11.5. The van der Waals surface area contributed by atoms with Gasteiger partial charge in [0.05, 0.1) is 21.5 Å². The maximum atomic E-state index is 12.7. The number of ether oxygens (including phenoxy) is 1. The lowest BCUT2D eigenvalue weighted by molar-refractivity contribution is 0.102. The molecule has 8 nitrogen and oxygen atoms in total. The van der Waals surface area contributed by atoms with Crippen LogP contribution in [0.5, 0.6) is 5.75 Å². The average molecular weight is 551 g/mol. The first-order chi connectivity index (χ1) is 17.1. The summed E-state index contributed by atoms with van der Waals surface area (Å²) in [6.07, 6.45) is 4.21. The van der Waals surface area contributed by atoms with Gasteiger partial charge in [0.1, 0.15) is 0 Å². The van der Waals surface area contributed by atoms with E-state index < -0.39 is 15.9 Å². The minimum Gasteiger partial charge on any atom is -0.490 e. The SMILES string of the molecule is CCCCCCOc1c(Cl)cc(C(=O)Nc2ccc(S(=O)(=O)Nc3nc(C)cc(C)n3)cc2)cc1Cl. The quantitative estimate of drug-likeness (QED) is 0.267. The number of hydrogen-bond acceptors (Lipinski definition) is 6. The molecular formula is C25H28Cl2N4O4S. The van der Waals surface area contributed by atoms with Gasteiger partial charge in [-0.1, -0.05) is 49.4 Å². The molecule has 3 rings (SSSR count). The summed E-state index contributed by atoms with van der Waals surface area (Å²) in [5.74, 6) is -0.112. The zero-order valence-electron chi connectivity index (χ0n) is 20.3. The van der Waals surface area contributed by atoms with Gasteiger partial charge in [-0.2, -0.15) is 0 Å². The van der Waals surface area contributed by atoms with Crippen molar-refractivity contribution < 1.29 is 17.9 Å². The Bertz CT molecular complexity index is 1290. The van der Waals surface area contributed by atoms with Crippen LogP contribution in [0, 0.1) is 13.8 Å². The molecule has 0 spiro atoms. The molecule has 192 valence electrons. The van der Waals surface area contributed by atoms with Crippen LogP contribution in [0.25, 0.3) is 0 Å². The van der Waals surface area contributed by atoms with Crippen molar-refractivity contribution in [3.63, 3.8) is 0 Å². The van der Waals surface area contributed by atoms with Gasteiger partial charge in [0, 0.05) is 22.6 Å². The van der Waals surface area contributed by atoms with Crippen LogP contribution in [0.15, 0.2) is 47.4 Å². The highest BCUT2D eigenvalue weighted by Crippen LogP contribution is 2.34. The maximum absolute atomic E-state index is 12.7. The van der Waals surface area contributed by atoms with Gasteiger partial charge in [-0.25, -0.2) is 23.1 Å². The second-order valence-corrected chi connectivity index (χ2v) is 10.7. The molecular weight excluding hydrogens is 523 g/mol. The highest BCUT2D eigenvalue weighted by molar-refractivity contribution is 7.92. The first kappa shape index (κ1) is 27.7. The van der Waals surface area contributed by atoms with Crippen molar-refractivity contribution in [2.45, 2.75) is 51.3 Å². The average Bonchev–Trinajstić information content (AvgIpc) is 2.79. The van der Waals surface area contributed by atoms with Gasteiger partial charge < -0.3 is 10.1 Å². The number of halogens is 2. The summed E-state index contributed by atoms with van der Waals surface area (Å²) in [5, 5.41) is 3.18. The summed E-state index contributed by atoms with van der Waals surface area (Å²) in [6.45, 7) is 6.12. The third kappa shape index (κ3) is 7.56. The van der Waals surface area contributed by atoms with Crippen LogP contribution in [0.2, 0.25) is 10.0 Å². The van der Waals surface area contributed by atoms with Crippen molar-refractivity contribution in [3.05, 3.63) is 69.5 Å². The van der Waals surface area contributed by atoms with E-state index in [4.69, 9.17) is 27.9 Å². The van der Waals surface area contributed by atoms with Crippen LogP contribution in [-0.4, -0.2) is 30.9 Å². The molecule has 2 aromatic carbocycles. The van der Waals surface area contributed by atoms with Crippen LogP contribution in [0.4, 0.5) is 11.6 Å². The van der Waals surface area contributed by atoms with E-state index in [9.17, 15) is 13.2 Å². The second-order valence-electron chi connectivity index (χ2n) is 8.24. The standard InChI is InChI=1S/C25H28Cl2N4O4S/c1-4-5-6-7-12-35-23-21(26)14-18(15-22(23)27)24(32)30-19-8-10-20(11-9-19)36(33,34)31-25-28-16(2)13-17(3)29-25/h8-11,13-15H,4-7,12H2,1-3H3,(H,30,32)(H,28,29,31). The molecule has 1 heterocycles. The molecule has 0 fully saturated rings. The van der Waals surface area contributed by atoms with Gasteiger partial charge in [-0.05, 0) is 62.7 Å². The molecule has 0 saturated carbocycles. The summed E-state index contributed by atoms with van der Waals surface area (Å²) in [7, 11) is -3.91. The van der Waals surface area contributed by atoms with E-state index in [1.54, 1.807) is 19.9 Å². The zero-order chi connectivity index (χ0) is 26.3. The van der Waals surface area contributed by atoms with Crippen molar-refractivity contribution >= 4 is 50.8 Å². The number of carbonyl (C=O) groups is 1. The van der Waals surface area contributed by atoms with E-state index in [0.29, 0.717) is 29.4 Å². The molecule has 2 N–H and O–H groups in total. The van der Waals surface area contributed by atoms with Crippen LogP contribution in [0.3, 0.4) is 0 Å². The number of nitrogens with zero attached hydrogens (tertiary/aromatic N) is 2. The van der Waals surface area contributed by atoms with E-state index in [0.717, 1.165) is 25.7 Å². The highest BCUT2D eigenvalue weighted by atomic mass is 35.5. The molecule has 1 aromatic heterocycles. The molecule has 0 aliphatic heterocycles. The predicted octanol–water partition coefficient (Wildman–Crippen LogP) is 6.41. The van der Waals surface area contributed by atoms with E-state index in [1.165, 1.54) is 36.4 Å². The van der Waals surface area contributed by atoms with Gasteiger partial charge >= 0.3 is 0 Å². The molecule has 11 heteroatoms. The fourth-order valence-corrected chi connectivity index (χ4v) is 4.94. The topological polar surface area (TPSA) is 110 Å². The maximum Gasteiger partial charge on any atom is 0.264 e. The lowest BCUT2D eigenvalue weighted by Crippen LogP contribution is -2.16. The highest BCUT2D eigenvalue weighted by Gasteiger charge is 2.18. The van der Waals surface area contributed by atoms with Crippen LogP contribution < -0.4 is 14.8 Å². The number of sulfonamides is 1. The smallest absolute Gasteiger partial charge is 0.264 e. The number of carbonyl (C=O) groups excluding carboxylic acids is 1. The third-order valence-corrected chi connectivity index (χ3v) is 7.04. The summed E-state index contributed by atoms with van der Waals surface area (Å²) < 4.78 is 33.5. The van der Waals surface area contributed by atoms with Crippen molar-refractivity contribution in [1.29, 1.82) is 0 Å². The summed E-state index contributed by atoms with van der Waals surface area (Å²) in [6, 6.07) is 10.4. The second kappa shape index (κ2) is 12.4. The molecule has 0 aliphatic carbocycles. The van der Waals surface area contributed by atoms with Gasteiger partial charge in [-0.15, -0.1) is 0 Å². The Labute approximate surface area is 221 Å². The Balaban J connectivity index is 1.66. The number of nitrogens with one attached hydrogen (secondary N) is 2. The van der Waals surface area contributed by atoms with Gasteiger partial charge in [-0.3, -0.25) is 4.79 Å².